The van der Waals surface area contributed by atoms with Crippen LogP contribution in [0.3, 0.4) is 0 Å². The molecular formula is C15H14N4O2. The van der Waals surface area contributed by atoms with E-state index in [9.17, 15) is 4.79 Å². The number of carbonyl (C=O) groups excluding carboxylic acids is 1. The number of anilines is 1. The van der Waals surface area contributed by atoms with E-state index in [4.69, 9.17) is 10.5 Å². The minimum atomic E-state index is -0.495. The Labute approximate surface area is 121 Å². The second kappa shape index (κ2) is 4.90. The summed E-state index contributed by atoms with van der Waals surface area (Å²) in [5, 5.41) is 5.04. The highest BCUT2D eigenvalue weighted by Crippen LogP contribution is 2.31. The first-order valence-electron chi connectivity index (χ1n) is 6.36. The fourth-order valence-electron chi connectivity index (χ4n) is 2.28. The van der Waals surface area contributed by atoms with Crippen molar-refractivity contribution in [2.45, 2.75) is 0 Å². The topological polar surface area (TPSA) is 83.0 Å². The van der Waals surface area contributed by atoms with Crippen LogP contribution in [0.15, 0.2) is 36.7 Å². The Bertz CT molecular complexity index is 839. The lowest BCUT2D eigenvalue weighted by atomic mass is 10.0. The number of hydrogen-bond donors (Lipinski definition) is 1. The number of aromatic nitrogens is 3. The van der Waals surface area contributed by atoms with Gasteiger partial charge in [0.1, 0.15) is 5.69 Å². The summed E-state index contributed by atoms with van der Waals surface area (Å²) in [5.41, 5.74) is 9.04. The molecule has 0 atom stereocenters. The third kappa shape index (κ3) is 2.20. The summed E-state index contributed by atoms with van der Waals surface area (Å²) in [6, 6.07) is 7.23. The number of methoxy groups -OCH3 is 1. The molecule has 0 fully saturated rings. The van der Waals surface area contributed by atoms with Gasteiger partial charge in [0.25, 0.3) is 0 Å². The monoisotopic (exact) mass is 282 g/mol. The van der Waals surface area contributed by atoms with Crippen molar-refractivity contribution in [1.29, 1.82) is 0 Å². The van der Waals surface area contributed by atoms with Crippen LogP contribution < -0.4 is 5.73 Å². The standard InChI is InChI=1S/C15H14N4O2/c1-19-8-9(7-17-19)11-6-13(15(20)21-2)18-14-10(11)4-3-5-12(14)16/h3-8H,16H2,1-2H3. The number of nitrogens with zero attached hydrogens (tertiary/aromatic N) is 3. The lowest BCUT2D eigenvalue weighted by Crippen LogP contribution is -2.05. The van der Waals surface area contributed by atoms with Gasteiger partial charge in [-0.15, -0.1) is 0 Å². The summed E-state index contributed by atoms with van der Waals surface area (Å²) in [7, 11) is 3.16. The second-order valence-corrected chi connectivity index (χ2v) is 4.69. The molecule has 2 N–H and O–H groups in total. The molecule has 21 heavy (non-hydrogen) atoms. The average Bonchev–Trinajstić information content (AvgIpc) is 2.92. The van der Waals surface area contributed by atoms with E-state index in [0.29, 0.717) is 11.2 Å². The van der Waals surface area contributed by atoms with Gasteiger partial charge in [-0.3, -0.25) is 4.68 Å². The highest BCUT2D eigenvalue weighted by atomic mass is 16.5. The first-order valence-corrected chi connectivity index (χ1v) is 6.36. The first kappa shape index (κ1) is 13.1. The van der Waals surface area contributed by atoms with Crippen LogP contribution in [0.5, 0.6) is 0 Å². The van der Waals surface area contributed by atoms with Crippen molar-refractivity contribution >= 4 is 22.6 Å². The van der Waals surface area contributed by atoms with Crippen LogP contribution in [0.4, 0.5) is 5.69 Å². The number of aryl methyl sites for hydroxylation is 1. The third-order valence-corrected chi connectivity index (χ3v) is 3.28. The van der Waals surface area contributed by atoms with E-state index in [-0.39, 0.29) is 5.69 Å². The Balaban J connectivity index is 2.35. The van der Waals surface area contributed by atoms with Crippen molar-refractivity contribution < 1.29 is 9.53 Å². The smallest absolute Gasteiger partial charge is 0.356 e. The van der Waals surface area contributed by atoms with Crippen LogP contribution in [-0.2, 0) is 11.8 Å². The molecule has 0 aliphatic rings. The number of carbonyl (C=O) groups is 1. The van der Waals surface area contributed by atoms with Gasteiger partial charge in [-0.05, 0) is 17.7 Å². The van der Waals surface area contributed by atoms with E-state index < -0.39 is 5.97 Å². The predicted molar refractivity (Wildman–Crippen MR) is 79.7 cm³/mol. The summed E-state index contributed by atoms with van der Waals surface area (Å²) in [6.45, 7) is 0. The molecule has 0 bridgehead atoms. The van der Waals surface area contributed by atoms with Gasteiger partial charge < -0.3 is 10.5 Å². The Kier molecular flexibility index (Phi) is 3.06. The molecule has 3 aromatic rings. The number of esters is 1. The molecule has 0 radical (unpaired) electrons. The maximum absolute atomic E-state index is 11.8. The highest BCUT2D eigenvalue weighted by molar-refractivity contribution is 6.03. The van der Waals surface area contributed by atoms with Crippen LogP contribution in [0.25, 0.3) is 22.0 Å². The number of benzene rings is 1. The van der Waals surface area contributed by atoms with E-state index in [1.54, 1.807) is 23.0 Å². The molecule has 1 aromatic carbocycles. The fourth-order valence-corrected chi connectivity index (χ4v) is 2.28. The van der Waals surface area contributed by atoms with Crippen molar-refractivity contribution in [2.75, 3.05) is 12.8 Å². The van der Waals surface area contributed by atoms with Gasteiger partial charge in [0, 0.05) is 24.2 Å². The minimum Gasteiger partial charge on any atom is -0.464 e. The molecule has 0 aliphatic carbocycles. The zero-order chi connectivity index (χ0) is 15.0. The van der Waals surface area contributed by atoms with E-state index in [2.05, 4.69) is 10.1 Å². The molecule has 3 rings (SSSR count). The zero-order valence-corrected chi connectivity index (χ0v) is 11.7. The van der Waals surface area contributed by atoms with Crippen molar-refractivity contribution in [3.8, 4) is 11.1 Å². The molecule has 2 heterocycles. The molecule has 106 valence electrons. The third-order valence-electron chi connectivity index (χ3n) is 3.28. The molecule has 0 amide bonds. The summed E-state index contributed by atoms with van der Waals surface area (Å²) >= 11 is 0. The number of fused-ring (bicyclic) bond motifs is 1. The van der Waals surface area contributed by atoms with E-state index in [0.717, 1.165) is 16.5 Å². The fraction of sp³-hybridized carbons (Fsp3) is 0.133. The van der Waals surface area contributed by atoms with Crippen LogP contribution in [-0.4, -0.2) is 27.8 Å². The second-order valence-electron chi connectivity index (χ2n) is 4.69. The minimum absolute atomic E-state index is 0.224. The number of nitrogens with two attached hydrogens (primary N) is 1. The molecule has 0 saturated heterocycles. The summed E-state index contributed by atoms with van der Waals surface area (Å²) in [6.07, 6.45) is 3.61. The van der Waals surface area contributed by atoms with Gasteiger partial charge in [-0.2, -0.15) is 5.10 Å². The Hall–Kier alpha value is -2.89. The van der Waals surface area contributed by atoms with E-state index in [1.807, 2.05) is 25.4 Å². The summed E-state index contributed by atoms with van der Waals surface area (Å²) in [4.78, 5) is 16.1. The van der Waals surface area contributed by atoms with Crippen molar-refractivity contribution in [3.63, 3.8) is 0 Å². The molecule has 2 aromatic heterocycles. The van der Waals surface area contributed by atoms with Crippen LogP contribution >= 0.6 is 0 Å². The summed E-state index contributed by atoms with van der Waals surface area (Å²) in [5.74, 6) is -0.495. The summed E-state index contributed by atoms with van der Waals surface area (Å²) < 4.78 is 6.46. The number of para-hydroxylation sites is 1. The van der Waals surface area contributed by atoms with Gasteiger partial charge in [-0.25, -0.2) is 9.78 Å². The van der Waals surface area contributed by atoms with E-state index in [1.165, 1.54) is 7.11 Å². The van der Waals surface area contributed by atoms with Gasteiger partial charge in [0.15, 0.2) is 0 Å². The molecule has 6 heteroatoms. The van der Waals surface area contributed by atoms with Gasteiger partial charge in [0.2, 0.25) is 0 Å². The largest absolute Gasteiger partial charge is 0.464 e. The Morgan fingerprint density at radius 1 is 1.38 bits per heavy atom. The molecule has 6 nitrogen and oxygen atoms in total. The van der Waals surface area contributed by atoms with Crippen LogP contribution in [0.1, 0.15) is 10.5 Å². The predicted octanol–water partition coefficient (Wildman–Crippen LogP) is 2.00. The number of ether oxygens (including phenoxy) is 1. The Morgan fingerprint density at radius 3 is 2.86 bits per heavy atom. The van der Waals surface area contributed by atoms with Crippen molar-refractivity contribution in [3.05, 3.63) is 42.4 Å². The molecule has 0 unspecified atom stereocenters. The first-order chi connectivity index (χ1) is 10.1. The molecular weight excluding hydrogens is 268 g/mol. The molecule has 0 saturated carbocycles. The van der Waals surface area contributed by atoms with Crippen molar-refractivity contribution in [2.24, 2.45) is 7.05 Å². The zero-order valence-electron chi connectivity index (χ0n) is 11.7. The molecule has 0 spiro atoms. The lowest BCUT2D eigenvalue weighted by Gasteiger charge is -2.09. The lowest BCUT2D eigenvalue weighted by molar-refractivity contribution is 0.0594. The number of rotatable bonds is 2. The van der Waals surface area contributed by atoms with Gasteiger partial charge >= 0.3 is 5.97 Å². The van der Waals surface area contributed by atoms with E-state index >= 15 is 0 Å². The number of nitrogen functional groups attached to an aromatic ring is 1. The maximum atomic E-state index is 11.8. The normalized spacial score (nSPS) is 10.8. The van der Waals surface area contributed by atoms with Crippen LogP contribution in [0, 0.1) is 0 Å². The average molecular weight is 282 g/mol. The Morgan fingerprint density at radius 2 is 2.19 bits per heavy atom. The van der Waals surface area contributed by atoms with Crippen LogP contribution in [0.2, 0.25) is 0 Å². The number of pyridine rings is 1. The quantitative estimate of drug-likeness (QED) is 0.574. The highest BCUT2D eigenvalue weighted by Gasteiger charge is 2.15. The maximum Gasteiger partial charge on any atom is 0.356 e. The van der Waals surface area contributed by atoms with Gasteiger partial charge in [-0.1, -0.05) is 12.1 Å². The number of hydrogen-bond acceptors (Lipinski definition) is 5. The van der Waals surface area contributed by atoms with Gasteiger partial charge in [0.05, 0.1) is 24.5 Å². The SMILES string of the molecule is COC(=O)c1cc(-c2cnn(C)c2)c2cccc(N)c2n1. The molecule has 0 aliphatic heterocycles. The van der Waals surface area contributed by atoms with Crippen molar-refractivity contribution in [1.82, 2.24) is 14.8 Å².